The second-order valence-corrected chi connectivity index (χ2v) is 15.2. The highest BCUT2D eigenvalue weighted by Gasteiger charge is 2.20. The first-order valence-corrected chi connectivity index (χ1v) is 19.5. The largest absolute Gasteiger partial charge is 0.455 e. The van der Waals surface area contributed by atoms with Gasteiger partial charge in [-0.3, -0.25) is 0 Å². The Labute approximate surface area is 326 Å². The molecule has 0 aliphatic carbocycles. The van der Waals surface area contributed by atoms with Gasteiger partial charge >= 0.3 is 0 Å². The number of rotatable bonds is 3. The molecular weight excluding hydrogens is 693 g/mol. The summed E-state index contributed by atoms with van der Waals surface area (Å²) in [5.74, 6) is 0. The summed E-state index contributed by atoms with van der Waals surface area (Å²) < 4.78 is 6.61. The molecule has 0 fully saturated rings. The lowest BCUT2D eigenvalue weighted by Crippen LogP contribution is -1.93. The van der Waals surface area contributed by atoms with Crippen LogP contribution < -0.4 is 0 Å². The van der Waals surface area contributed by atoms with Crippen LogP contribution in [0.5, 0.6) is 0 Å². The molecule has 3 nitrogen and oxygen atoms in total. The zero-order valence-corrected chi connectivity index (χ0v) is 30.6. The zero-order chi connectivity index (χ0) is 37.2. The maximum atomic E-state index is 6.61. The molecule has 3 heteroatoms. The number of hydrogen-bond donors (Lipinski definition) is 0. The number of aromatic nitrogens is 2. The average molecular weight is 723 g/mol. The van der Waals surface area contributed by atoms with Gasteiger partial charge in [0.05, 0.1) is 22.4 Å². The molecule has 0 bridgehead atoms. The fourth-order valence-corrected chi connectivity index (χ4v) is 9.56. The van der Waals surface area contributed by atoms with Crippen LogP contribution in [-0.4, -0.2) is 9.97 Å². The van der Waals surface area contributed by atoms with Gasteiger partial charge in [-0.05, 0) is 73.8 Å². The van der Waals surface area contributed by atoms with Crippen molar-refractivity contribution in [1.29, 1.82) is 0 Å². The van der Waals surface area contributed by atoms with E-state index in [0.29, 0.717) is 0 Å². The van der Waals surface area contributed by atoms with Gasteiger partial charge in [0, 0.05) is 54.2 Å². The lowest BCUT2D eigenvalue weighted by molar-refractivity contribution is 0.673. The standard InChI is InChI=1S/C54H30N2O/c1-2-9-34(10-3-1)52-43-28-27-39-38-13-5-7-16-47(38)57-54(39)51(43)41-25-24-36(30-46(41)56-52)31-17-20-35(21-18-31)53-44-29-37-22-19-32-11-8-12-33-23-26-42(49(37)48(32)33)50(44)40-14-4-6-15-45(40)55-53/h1-30H. The van der Waals surface area contributed by atoms with Crippen molar-refractivity contribution in [2.75, 3.05) is 0 Å². The average Bonchev–Trinajstić information content (AvgIpc) is 3.66. The van der Waals surface area contributed by atoms with E-state index in [0.717, 1.165) is 82.8 Å². The Morgan fingerprint density at radius 2 is 0.912 bits per heavy atom. The van der Waals surface area contributed by atoms with E-state index in [-0.39, 0.29) is 0 Å². The molecule has 0 N–H and O–H groups in total. The van der Waals surface area contributed by atoms with Crippen molar-refractivity contribution < 1.29 is 4.42 Å². The highest BCUT2D eigenvalue weighted by atomic mass is 16.3. The first kappa shape index (κ1) is 30.7. The fourth-order valence-electron chi connectivity index (χ4n) is 9.56. The van der Waals surface area contributed by atoms with Crippen molar-refractivity contribution in [3.63, 3.8) is 0 Å². The Bertz CT molecular complexity index is 3770. The van der Waals surface area contributed by atoms with Crippen molar-refractivity contribution in [1.82, 2.24) is 9.97 Å². The van der Waals surface area contributed by atoms with E-state index in [9.17, 15) is 0 Å². The van der Waals surface area contributed by atoms with Gasteiger partial charge in [-0.25, -0.2) is 9.97 Å². The zero-order valence-electron chi connectivity index (χ0n) is 30.6. The molecular formula is C54H30N2O. The smallest absolute Gasteiger partial charge is 0.144 e. The van der Waals surface area contributed by atoms with Gasteiger partial charge in [-0.2, -0.15) is 0 Å². The summed E-state index contributed by atoms with van der Waals surface area (Å²) in [6.45, 7) is 0. The van der Waals surface area contributed by atoms with Crippen LogP contribution in [0.2, 0.25) is 0 Å². The summed E-state index contributed by atoms with van der Waals surface area (Å²) in [5.41, 5.74) is 10.1. The number of fused-ring (bicyclic) bond motifs is 11. The number of furan rings is 1. The van der Waals surface area contributed by atoms with Gasteiger partial charge < -0.3 is 4.42 Å². The number of nitrogens with zero attached hydrogens (tertiary/aromatic N) is 2. The molecule has 0 aliphatic rings. The Hall–Kier alpha value is -7.62. The van der Waals surface area contributed by atoms with Crippen LogP contribution in [0.1, 0.15) is 0 Å². The van der Waals surface area contributed by atoms with Crippen LogP contribution >= 0.6 is 0 Å². The van der Waals surface area contributed by atoms with E-state index < -0.39 is 0 Å². The molecule has 0 saturated heterocycles. The van der Waals surface area contributed by atoms with E-state index in [2.05, 4.69) is 164 Å². The van der Waals surface area contributed by atoms with Gasteiger partial charge in [0.2, 0.25) is 0 Å². The highest BCUT2D eigenvalue weighted by Crippen LogP contribution is 2.44. The van der Waals surface area contributed by atoms with Crippen LogP contribution in [-0.2, 0) is 0 Å². The van der Waals surface area contributed by atoms with Gasteiger partial charge in [-0.15, -0.1) is 0 Å². The van der Waals surface area contributed by atoms with E-state index in [1.165, 1.54) is 48.5 Å². The van der Waals surface area contributed by atoms with Gasteiger partial charge in [0.25, 0.3) is 0 Å². The molecule has 3 heterocycles. The molecule has 13 rings (SSSR count). The van der Waals surface area contributed by atoms with Crippen LogP contribution in [0.3, 0.4) is 0 Å². The lowest BCUT2D eigenvalue weighted by atomic mass is 9.88. The third-order valence-corrected chi connectivity index (χ3v) is 12.1. The minimum atomic E-state index is 0.892. The Kier molecular flexibility index (Phi) is 6.16. The third-order valence-electron chi connectivity index (χ3n) is 12.1. The molecule has 0 amide bonds. The Balaban J connectivity index is 1.00. The maximum Gasteiger partial charge on any atom is 0.144 e. The molecule has 0 atom stereocenters. The summed E-state index contributed by atoms with van der Waals surface area (Å²) in [6, 6.07) is 65.3. The second kappa shape index (κ2) is 11.5. The first-order valence-electron chi connectivity index (χ1n) is 19.5. The van der Waals surface area contributed by atoms with Crippen LogP contribution in [0, 0.1) is 0 Å². The summed E-state index contributed by atoms with van der Waals surface area (Å²) in [7, 11) is 0. The second-order valence-electron chi connectivity index (χ2n) is 15.2. The molecule has 0 aliphatic heterocycles. The molecule has 0 spiro atoms. The monoisotopic (exact) mass is 722 g/mol. The van der Waals surface area contributed by atoms with Crippen LogP contribution in [0.25, 0.3) is 131 Å². The minimum absolute atomic E-state index is 0.892. The van der Waals surface area contributed by atoms with Crippen molar-refractivity contribution in [3.8, 4) is 33.6 Å². The Morgan fingerprint density at radius 1 is 0.298 bits per heavy atom. The summed E-state index contributed by atoms with van der Waals surface area (Å²) >= 11 is 0. The molecule has 13 aromatic rings. The summed E-state index contributed by atoms with van der Waals surface area (Å²) in [5, 5.41) is 16.8. The number of hydrogen-bond acceptors (Lipinski definition) is 3. The third kappa shape index (κ3) is 4.37. The minimum Gasteiger partial charge on any atom is -0.455 e. The normalized spacial score (nSPS) is 12.2. The summed E-state index contributed by atoms with van der Waals surface area (Å²) in [4.78, 5) is 10.7. The highest BCUT2D eigenvalue weighted by molar-refractivity contribution is 6.33. The summed E-state index contributed by atoms with van der Waals surface area (Å²) in [6.07, 6.45) is 0. The van der Waals surface area contributed by atoms with Crippen LogP contribution in [0.15, 0.2) is 186 Å². The van der Waals surface area contributed by atoms with Gasteiger partial charge in [0.1, 0.15) is 11.2 Å². The van der Waals surface area contributed by atoms with Crippen molar-refractivity contribution in [3.05, 3.63) is 182 Å². The molecule has 57 heavy (non-hydrogen) atoms. The first-order chi connectivity index (χ1) is 28.2. The van der Waals surface area contributed by atoms with E-state index in [4.69, 9.17) is 14.4 Å². The maximum absolute atomic E-state index is 6.61. The number of pyridine rings is 2. The van der Waals surface area contributed by atoms with Crippen LogP contribution in [0.4, 0.5) is 0 Å². The van der Waals surface area contributed by atoms with Gasteiger partial charge in [-0.1, -0.05) is 152 Å². The van der Waals surface area contributed by atoms with E-state index in [1.807, 2.05) is 18.2 Å². The predicted molar refractivity (Wildman–Crippen MR) is 239 cm³/mol. The molecule has 3 aromatic heterocycles. The topological polar surface area (TPSA) is 38.9 Å². The molecule has 0 radical (unpaired) electrons. The van der Waals surface area contributed by atoms with Crippen molar-refractivity contribution in [2.45, 2.75) is 0 Å². The fraction of sp³-hybridized carbons (Fsp3) is 0. The van der Waals surface area contributed by atoms with Gasteiger partial charge in [0.15, 0.2) is 0 Å². The molecule has 0 unspecified atom stereocenters. The van der Waals surface area contributed by atoms with E-state index in [1.54, 1.807) is 0 Å². The lowest BCUT2D eigenvalue weighted by Gasteiger charge is -2.17. The van der Waals surface area contributed by atoms with Crippen molar-refractivity contribution >= 4 is 97.6 Å². The predicted octanol–water partition coefficient (Wildman–Crippen LogP) is 14.9. The number of para-hydroxylation sites is 2. The molecule has 0 saturated carbocycles. The van der Waals surface area contributed by atoms with E-state index >= 15 is 0 Å². The SMILES string of the molecule is c1ccc(-c2nc3cc(-c4ccc(-c5nc6ccccc6c6c5cc5ccc7cccc8ccc6c5c78)cc4)ccc3c3c2ccc2c4ccccc4oc23)cc1. The number of benzene rings is 10. The Morgan fingerprint density at radius 3 is 1.79 bits per heavy atom. The van der Waals surface area contributed by atoms with Crippen molar-refractivity contribution in [2.24, 2.45) is 0 Å². The quantitative estimate of drug-likeness (QED) is 0.135. The molecule has 262 valence electrons. The molecule has 10 aromatic carbocycles.